The van der Waals surface area contributed by atoms with E-state index in [0.29, 0.717) is 28.8 Å². The summed E-state index contributed by atoms with van der Waals surface area (Å²) in [6.45, 7) is 5.35. The van der Waals surface area contributed by atoms with E-state index < -0.39 is 18.6 Å². The molecule has 3 aromatic rings. The van der Waals surface area contributed by atoms with Crippen molar-refractivity contribution in [2.75, 3.05) is 38.8 Å². The third-order valence-corrected chi connectivity index (χ3v) is 5.28. The quantitative estimate of drug-likeness (QED) is 0.368. The molecule has 1 aromatic carbocycles. The van der Waals surface area contributed by atoms with Crippen LogP contribution in [0.25, 0.3) is 22.8 Å². The topological polar surface area (TPSA) is 143 Å². The molecule has 0 unspecified atom stereocenters. The summed E-state index contributed by atoms with van der Waals surface area (Å²) in [5.74, 6) is 1.87. The summed E-state index contributed by atoms with van der Waals surface area (Å²) in [5.41, 5.74) is 2.21. The van der Waals surface area contributed by atoms with E-state index in [4.69, 9.17) is 19.1 Å². The van der Waals surface area contributed by atoms with Crippen molar-refractivity contribution in [1.82, 2.24) is 20.4 Å². The molecule has 0 aliphatic rings. The minimum absolute atomic E-state index is 0.0383. The van der Waals surface area contributed by atoms with E-state index in [1.54, 1.807) is 18.2 Å². The van der Waals surface area contributed by atoms with Crippen LogP contribution in [0.5, 0.6) is 11.5 Å². The predicted molar refractivity (Wildman–Crippen MR) is 129 cm³/mol. The van der Waals surface area contributed by atoms with Gasteiger partial charge in [0.25, 0.3) is 5.89 Å². The monoisotopic (exact) mass is 485 g/mol. The van der Waals surface area contributed by atoms with Gasteiger partial charge in [-0.15, -0.1) is 0 Å². The number of amides is 1. The Morgan fingerprint density at radius 1 is 1.23 bits per heavy atom. The van der Waals surface area contributed by atoms with E-state index in [1.807, 2.05) is 26.1 Å². The van der Waals surface area contributed by atoms with Crippen LogP contribution in [-0.4, -0.2) is 77.3 Å². The molecule has 2 heterocycles. The number of methoxy groups -OCH3 is 1. The number of ether oxygens (including phenoxy) is 2. The molecule has 0 fully saturated rings. The van der Waals surface area contributed by atoms with E-state index in [1.165, 1.54) is 7.11 Å². The second kappa shape index (κ2) is 11.6. The molecule has 0 aliphatic heterocycles. The van der Waals surface area contributed by atoms with Gasteiger partial charge < -0.3 is 34.4 Å². The number of carbonyl (C=O) groups excluding carboxylic acids is 1. The Balaban J connectivity index is 1.76. The molecule has 0 saturated carbocycles. The number of anilines is 1. The average molecular weight is 486 g/mol. The van der Waals surface area contributed by atoms with Crippen molar-refractivity contribution in [2.45, 2.75) is 32.9 Å². The number of nitrogens with zero attached hydrogens (tertiary/aromatic N) is 4. The van der Waals surface area contributed by atoms with E-state index in [0.717, 1.165) is 17.1 Å². The van der Waals surface area contributed by atoms with Crippen LogP contribution in [-0.2, 0) is 4.79 Å². The minimum Gasteiger partial charge on any atom is -0.496 e. The molecular formula is C24H31N5O6. The lowest BCUT2D eigenvalue weighted by molar-refractivity contribution is -0.124. The number of rotatable bonds is 11. The molecule has 0 aliphatic carbocycles. The second-order valence-electron chi connectivity index (χ2n) is 8.27. The van der Waals surface area contributed by atoms with Crippen molar-refractivity contribution in [2.24, 2.45) is 0 Å². The van der Waals surface area contributed by atoms with Gasteiger partial charge in [0.2, 0.25) is 11.7 Å². The number of aromatic nitrogens is 3. The Labute approximate surface area is 203 Å². The van der Waals surface area contributed by atoms with Gasteiger partial charge in [-0.05, 0) is 45.0 Å². The molecule has 0 spiro atoms. The van der Waals surface area contributed by atoms with Crippen LogP contribution in [0.3, 0.4) is 0 Å². The zero-order valence-corrected chi connectivity index (χ0v) is 20.5. The number of aliphatic hydroxyl groups excluding tert-OH is 2. The van der Waals surface area contributed by atoms with Gasteiger partial charge in [-0.2, -0.15) is 4.98 Å². The molecule has 3 N–H and O–H groups in total. The fourth-order valence-electron chi connectivity index (χ4n) is 3.15. The first kappa shape index (κ1) is 25.9. The highest BCUT2D eigenvalue weighted by Crippen LogP contribution is 2.33. The minimum atomic E-state index is -0.945. The van der Waals surface area contributed by atoms with E-state index in [9.17, 15) is 9.90 Å². The zero-order valence-electron chi connectivity index (χ0n) is 20.5. The van der Waals surface area contributed by atoms with Crippen LogP contribution in [0.15, 0.2) is 34.9 Å². The highest BCUT2D eigenvalue weighted by molar-refractivity contribution is 5.76. The standard InChI is InChI=1S/C24H31N5O6/c1-14(2)29(4)21-9-16(8-15(3)26-21)24-27-23(28-35-24)19-7-6-18(10-20(19)33-5)34-13-17(31)11-25-22(32)12-30/h6-10,14,17,30-31H,11-13H2,1-5H3,(H,25,32)/t17-/m0/s1. The number of hydrogen-bond acceptors (Lipinski definition) is 10. The molecule has 0 bridgehead atoms. The van der Waals surface area contributed by atoms with E-state index in [-0.39, 0.29) is 19.2 Å². The van der Waals surface area contributed by atoms with Gasteiger partial charge in [0, 0.05) is 37.0 Å². The van der Waals surface area contributed by atoms with E-state index >= 15 is 0 Å². The van der Waals surface area contributed by atoms with Gasteiger partial charge in [-0.25, -0.2) is 4.98 Å². The van der Waals surface area contributed by atoms with Crippen molar-refractivity contribution in [3.05, 3.63) is 36.0 Å². The number of benzene rings is 1. The van der Waals surface area contributed by atoms with Crippen LogP contribution >= 0.6 is 0 Å². The zero-order chi connectivity index (χ0) is 25.5. The Morgan fingerprint density at radius 2 is 2.00 bits per heavy atom. The van der Waals surface area contributed by atoms with Gasteiger partial charge in [0.05, 0.1) is 12.7 Å². The number of carbonyl (C=O) groups is 1. The lowest BCUT2D eigenvalue weighted by atomic mass is 10.1. The third-order valence-electron chi connectivity index (χ3n) is 5.28. The number of aryl methyl sites for hydroxylation is 1. The molecule has 0 radical (unpaired) electrons. The molecule has 11 heteroatoms. The van der Waals surface area contributed by atoms with Crippen LogP contribution in [0.2, 0.25) is 0 Å². The molecule has 1 amide bonds. The van der Waals surface area contributed by atoms with Crippen LogP contribution in [0.1, 0.15) is 19.5 Å². The summed E-state index contributed by atoms with van der Waals surface area (Å²) in [6, 6.07) is 9.15. The van der Waals surface area contributed by atoms with Gasteiger partial charge in [-0.3, -0.25) is 4.79 Å². The summed E-state index contributed by atoms with van der Waals surface area (Å²) >= 11 is 0. The number of nitrogens with one attached hydrogen (secondary N) is 1. The van der Waals surface area contributed by atoms with Crippen LogP contribution in [0.4, 0.5) is 5.82 Å². The summed E-state index contributed by atoms with van der Waals surface area (Å²) < 4.78 is 16.6. The van der Waals surface area contributed by atoms with Gasteiger partial charge >= 0.3 is 0 Å². The van der Waals surface area contributed by atoms with Crippen molar-refractivity contribution in [3.63, 3.8) is 0 Å². The summed E-state index contributed by atoms with van der Waals surface area (Å²) in [4.78, 5) is 22.3. The predicted octanol–water partition coefficient (Wildman–Crippen LogP) is 1.81. The third kappa shape index (κ3) is 6.67. The maximum atomic E-state index is 11.1. The summed E-state index contributed by atoms with van der Waals surface area (Å²) in [5, 5.41) is 25.1. The summed E-state index contributed by atoms with van der Waals surface area (Å²) in [7, 11) is 3.50. The first-order valence-corrected chi connectivity index (χ1v) is 11.1. The fourth-order valence-corrected chi connectivity index (χ4v) is 3.15. The number of aliphatic hydroxyl groups is 2. The molecule has 35 heavy (non-hydrogen) atoms. The van der Waals surface area contributed by atoms with Crippen LogP contribution in [0, 0.1) is 6.92 Å². The van der Waals surface area contributed by atoms with Crippen molar-refractivity contribution < 1.29 is 29.0 Å². The second-order valence-corrected chi connectivity index (χ2v) is 8.27. The molecule has 2 aromatic heterocycles. The Bertz CT molecular complexity index is 1150. The molecule has 3 rings (SSSR count). The molecule has 1 atom stereocenters. The van der Waals surface area contributed by atoms with Gasteiger partial charge in [-0.1, -0.05) is 5.16 Å². The van der Waals surface area contributed by atoms with Crippen molar-refractivity contribution >= 4 is 11.7 Å². The summed E-state index contributed by atoms with van der Waals surface area (Å²) in [6.07, 6.45) is -0.945. The average Bonchev–Trinajstić information content (AvgIpc) is 3.35. The molecule has 0 saturated heterocycles. The van der Waals surface area contributed by atoms with Gasteiger partial charge in [0.1, 0.15) is 36.6 Å². The van der Waals surface area contributed by atoms with Crippen molar-refractivity contribution in [1.29, 1.82) is 0 Å². The molecule has 11 nitrogen and oxygen atoms in total. The highest BCUT2D eigenvalue weighted by Gasteiger charge is 2.18. The molecule has 188 valence electrons. The maximum absolute atomic E-state index is 11.1. The smallest absolute Gasteiger partial charge is 0.258 e. The molecular weight excluding hydrogens is 454 g/mol. The number of hydrogen-bond donors (Lipinski definition) is 3. The normalized spacial score (nSPS) is 11.9. The Kier molecular flexibility index (Phi) is 8.61. The number of pyridine rings is 1. The lowest BCUT2D eigenvalue weighted by Gasteiger charge is -2.23. The Hall–Kier alpha value is -3.70. The first-order chi connectivity index (χ1) is 16.7. The highest BCUT2D eigenvalue weighted by atomic mass is 16.5. The maximum Gasteiger partial charge on any atom is 0.258 e. The largest absolute Gasteiger partial charge is 0.496 e. The lowest BCUT2D eigenvalue weighted by Crippen LogP contribution is -2.36. The van der Waals surface area contributed by atoms with Gasteiger partial charge in [0.15, 0.2) is 0 Å². The first-order valence-electron chi connectivity index (χ1n) is 11.1. The fraction of sp³-hybridized carbons (Fsp3) is 0.417. The Morgan fingerprint density at radius 3 is 2.69 bits per heavy atom. The van der Waals surface area contributed by atoms with Crippen LogP contribution < -0.4 is 19.7 Å². The van der Waals surface area contributed by atoms with Crippen molar-refractivity contribution in [3.8, 4) is 34.3 Å². The SMILES string of the molecule is COc1cc(OC[C@@H](O)CNC(=O)CO)ccc1-c1noc(-c2cc(C)nc(N(C)C(C)C)c2)n1. The van der Waals surface area contributed by atoms with E-state index in [2.05, 4.69) is 39.2 Å².